The van der Waals surface area contributed by atoms with Crippen molar-refractivity contribution in [1.82, 2.24) is 0 Å². The Balaban J connectivity index is 1.26. The third kappa shape index (κ3) is 5.96. The van der Waals surface area contributed by atoms with Crippen LogP contribution in [0.3, 0.4) is 0 Å². The highest BCUT2D eigenvalue weighted by Gasteiger charge is 2.58. The van der Waals surface area contributed by atoms with Gasteiger partial charge in [0.15, 0.2) is 0 Å². The van der Waals surface area contributed by atoms with Gasteiger partial charge in [-0.2, -0.15) is 0 Å². The zero-order valence-corrected chi connectivity index (χ0v) is 23.6. The molecule has 212 valence electrons. The molecule has 4 aliphatic carbocycles. The van der Waals surface area contributed by atoms with Gasteiger partial charge in [0.25, 0.3) is 0 Å². The quantitative estimate of drug-likeness (QED) is 0.225. The Morgan fingerprint density at radius 3 is 1.48 bits per heavy atom. The molecule has 2 aromatic rings. The van der Waals surface area contributed by atoms with Crippen LogP contribution in [0.5, 0.6) is 11.5 Å². The third-order valence-electron chi connectivity index (χ3n) is 8.93. The highest BCUT2D eigenvalue weighted by Crippen LogP contribution is 2.66. The largest absolute Gasteiger partial charge is 0.490 e. The summed E-state index contributed by atoms with van der Waals surface area (Å²) in [6.45, 7) is 11.1. The van der Waals surface area contributed by atoms with Gasteiger partial charge in [-0.25, -0.2) is 9.59 Å². The Bertz CT molecular complexity index is 1120. The van der Waals surface area contributed by atoms with Gasteiger partial charge in [-0.15, -0.1) is 0 Å². The van der Waals surface area contributed by atoms with Crippen LogP contribution in [0.4, 0.5) is 0 Å². The molecular weight excluding hydrogens is 504 g/mol. The zero-order valence-electron chi connectivity index (χ0n) is 23.6. The first-order valence-corrected chi connectivity index (χ1v) is 14.4. The Morgan fingerprint density at radius 2 is 1.12 bits per heavy atom. The number of hydrogen-bond acceptors (Lipinski definition) is 6. The molecule has 0 amide bonds. The smallest absolute Gasteiger partial charge is 0.330 e. The van der Waals surface area contributed by atoms with Crippen LogP contribution in [-0.2, 0) is 29.9 Å². The van der Waals surface area contributed by atoms with Crippen molar-refractivity contribution in [2.24, 2.45) is 11.8 Å². The fourth-order valence-electron chi connectivity index (χ4n) is 7.74. The van der Waals surface area contributed by atoms with Gasteiger partial charge in [0.2, 0.25) is 0 Å². The number of carbonyl (C=O) groups is 2. The second kappa shape index (κ2) is 11.5. The van der Waals surface area contributed by atoms with E-state index in [9.17, 15) is 9.59 Å². The van der Waals surface area contributed by atoms with Crippen LogP contribution in [0.15, 0.2) is 73.8 Å². The van der Waals surface area contributed by atoms with Crippen molar-refractivity contribution >= 4 is 11.9 Å². The minimum atomic E-state index is -0.439. The molecule has 40 heavy (non-hydrogen) atoms. The lowest BCUT2D eigenvalue weighted by atomic mass is 9.42. The van der Waals surface area contributed by atoms with Crippen molar-refractivity contribution in [2.75, 3.05) is 13.2 Å². The summed E-state index contributed by atoms with van der Waals surface area (Å²) in [6, 6.07) is 17.2. The first-order chi connectivity index (χ1) is 19.2. The van der Waals surface area contributed by atoms with Gasteiger partial charge in [-0.05, 0) is 110 Å². The van der Waals surface area contributed by atoms with Crippen molar-refractivity contribution in [1.29, 1.82) is 0 Å². The lowest BCUT2D eigenvalue weighted by molar-refractivity contribution is -0.144. The highest BCUT2D eigenvalue weighted by molar-refractivity contribution is 5.81. The van der Waals surface area contributed by atoms with E-state index < -0.39 is 11.9 Å². The molecule has 2 atom stereocenters. The minimum absolute atomic E-state index is 0.190. The number of benzene rings is 2. The van der Waals surface area contributed by atoms with Crippen LogP contribution in [0.1, 0.15) is 63.5 Å². The summed E-state index contributed by atoms with van der Waals surface area (Å²) < 4.78 is 22.2. The van der Waals surface area contributed by atoms with Crippen molar-refractivity contribution in [3.05, 3.63) is 85.0 Å². The fraction of sp³-hybridized carbons (Fsp3) is 0.471. The average molecular weight is 545 g/mol. The predicted molar refractivity (Wildman–Crippen MR) is 153 cm³/mol. The molecule has 6 rings (SSSR count). The summed E-state index contributed by atoms with van der Waals surface area (Å²) in [5.41, 5.74) is 3.20. The van der Waals surface area contributed by atoms with E-state index in [2.05, 4.69) is 61.7 Å². The molecular formula is C34H40O6. The first-order valence-electron chi connectivity index (χ1n) is 14.4. The third-order valence-corrected chi connectivity index (χ3v) is 8.93. The summed E-state index contributed by atoms with van der Waals surface area (Å²) in [4.78, 5) is 22.8. The molecule has 4 saturated carbocycles. The topological polar surface area (TPSA) is 71.1 Å². The Morgan fingerprint density at radius 1 is 0.750 bits per heavy atom. The van der Waals surface area contributed by atoms with Gasteiger partial charge in [-0.1, -0.05) is 37.4 Å². The molecule has 4 aliphatic rings. The summed E-state index contributed by atoms with van der Waals surface area (Å²) >= 11 is 0. The average Bonchev–Trinajstić information content (AvgIpc) is 2.94. The maximum Gasteiger partial charge on any atom is 0.330 e. The van der Waals surface area contributed by atoms with Crippen LogP contribution in [0.2, 0.25) is 0 Å². The van der Waals surface area contributed by atoms with Crippen LogP contribution in [0, 0.1) is 11.8 Å². The van der Waals surface area contributed by atoms with E-state index in [1.165, 1.54) is 55.4 Å². The normalized spacial score (nSPS) is 27.8. The molecule has 0 saturated heterocycles. The van der Waals surface area contributed by atoms with Crippen LogP contribution < -0.4 is 9.47 Å². The monoisotopic (exact) mass is 544 g/mol. The van der Waals surface area contributed by atoms with Crippen molar-refractivity contribution in [3.63, 3.8) is 0 Å². The van der Waals surface area contributed by atoms with E-state index in [1.54, 1.807) is 0 Å². The van der Waals surface area contributed by atoms with Crippen molar-refractivity contribution < 1.29 is 28.5 Å². The standard InChI is InChI=1S/C34H40O6/c1-5-31(35)39-23(3)20-37-29-11-7-27(8-12-29)33-16-25-15-26(17-33)19-34(18-25,22-33)28-9-13-30(14-10-28)38-21-24(4)40-32(36)6-2/h5-14,23-26H,1-2,15-22H2,3-4H3. The van der Waals surface area contributed by atoms with E-state index in [4.69, 9.17) is 18.9 Å². The molecule has 0 spiro atoms. The molecule has 0 aromatic heterocycles. The van der Waals surface area contributed by atoms with Gasteiger partial charge >= 0.3 is 11.9 Å². The lowest BCUT2D eigenvalue weighted by Gasteiger charge is -2.62. The molecule has 6 nitrogen and oxygen atoms in total. The lowest BCUT2D eigenvalue weighted by Crippen LogP contribution is -2.55. The van der Waals surface area contributed by atoms with Crippen molar-refractivity contribution in [3.8, 4) is 11.5 Å². The Hall–Kier alpha value is -3.54. The molecule has 4 fully saturated rings. The Labute approximate surface area is 237 Å². The Kier molecular flexibility index (Phi) is 8.07. The number of hydrogen-bond donors (Lipinski definition) is 0. The maximum atomic E-state index is 11.4. The number of carbonyl (C=O) groups excluding carboxylic acids is 2. The second-order valence-corrected chi connectivity index (χ2v) is 12.1. The molecule has 2 unspecified atom stereocenters. The van der Waals surface area contributed by atoms with E-state index in [1.807, 2.05) is 13.8 Å². The first kappa shape index (κ1) is 28.0. The molecule has 0 aliphatic heterocycles. The van der Waals surface area contributed by atoms with Gasteiger partial charge in [0, 0.05) is 12.2 Å². The van der Waals surface area contributed by atoms with Crippen molar-refractivity contribution in [2.45, 2.75) is 75.4 Å². The summed E-state index contributed by atoms with van der Waals surface area (Å²) in [6.07, 6.45) is 9.16. The van der Waals surface area contributed by atoms with E-state index in [-0.39, 0.29) is 23.0 Å². The molecule has 6 heteroatoms. The van der Waals surface area contributed by atoms with E-state index in [0.717, 1.165) is 29.8 Å². The van der Waals surface area contributed by atoms with Gasteiger partial charge in [0.1, 0.15) is 36.9 Å². The van der Waals surface area contributed by atoms with Gasteiger partial charge in [-0.3, -0.25) is 0 Å². The SMILES string of the molecule is C=CC(=O)OC(C)COc1ccc(C23CC4CC(C2)CC(c2ccc(OCC(C)OC(=O)C=C)cc2)(C4)C3)cc1. The van der Waals surface area contributed by atoms with Crippen LogP contribution in [-0.4, -0.2) is 37.4 Å². The fourth-order valence-corrected chi connectivity index (χ4v) is 7.74. The maximum absolute atomic E-state index is 11.4. The summed E-state index contributed by atoms with van der Waals surface area (Å²) in [7, 11) is 0. The summed E-state index contributed by atoms with van der Waals surface area (Å²) in [5, 5.41) is 0. The van der Waals surface area contributed by atoms with Crippen LogP contribution >= 0.6 is 0 Å². The van der Waals surface area contributed by atoms with E-state index >= 15 is 0 Å². The van der Waals surface area contributed by atoms with Crippen LogP contribution in [0.25, 0.3) is 0 Å². The minimum Gasteiger partial charge on any atom is -0.490 e. The number of rotatable bonds is 12. The second-order valence-electron chi connectivity index (χ2n) is 12.1. The summed E-state index contributed by atoms with van der Waals surface area (Å²) in [5.74, 6) is 2.18. The molecule has 0 heterocycles. The predicted octanol–water partition coefficient (Wildman–Crippen LogP) is 6.47. The highest BCUT2D eigenvalue weighted by atomic mass is 16.6. The molecule has 0 radical (unpaired) electrons. The molecule has 0 N–H and O–H groups in total. The number of esters is 2. The number of ether oxygens (including phenoxy) is 4. The van der Waals surface area contributed by atoms with E-state index in [0.29, 0.717) is 13.2 Å². The molecule has 2 aromatic carbocycles. The van der Waals surface area contributed by atoms with Gasteiger partial charge < -0.3 is 18.9 Å². The van der Waals surface area contributed by atoms with Gasteiger partial charge in [0.05, 0.1) is 0 Å². The zero-order chi connectivity index (χ0) is 28.3. The molecule has 4 bridgehead atoms.